The molecule has 30 heavy (non-hydrogen) atoms. The van der Waals surface area contributed by atoms with E-state index in [1.807, 2.05) is 19.2 Å². The number of anilines is 2. The van der Waals surface area contributed by atoms with E-state index in [1.54, 1.807) is 36.4 Å². The van der Waals surface area contributed by atoms with Gasteiger partial charge in [0.15, 0.2) is 6.10 Å². The lowest BCUT2D eigenvalue weighted by atomic mass is 10.1. The molecule has 0 saturated carbocycles. The topological polar surface area (TPSA) is 122 Å². The van der Waals surface area contributed by atoms with Gasteiger partial charge in [-0.2, -0.15) is 0 Å². The molecule has 1 saturated heterocycles. The number of amides is 2. The minimum absolute atomic E-state index is 0.0130. The number of hydrogen-bond donors (Lipinski definition) is 3. The number of cyclic esters (lactones) is 1. The molecule has 2 aromatic rings. The molecule has 1 fully saturated rings. The molecule has 0 radical (unpaired) electrons. The maximum Gasteiger partial charge on any atom is 0.415 e. The number of benzene rings is 2. The molecule has 3 rings (SSSR count). The van der Waals surface area contributed by atoms with Crippen LogP contribution in [0.1, 0.15) is 11.1 Å². The molecule has 9 heteroatoms. The lowest BCUT2D eigenvalue weighted by molar-refractivity contribution is -0.142. The van der Waals surface area contributed by atoms with Gasteiger partial charge in [-0.15, -0.1) is 11.8 Å². The minimum atomic E-state index is -1.16. The number of nitrogens with two attached hydrogens (primary N) is 1. The van der Waals surface area contributed by atoms with E-state index in [0.717, 1.165) is 16.0 Å². The van der Waals surface area contributed by atoms with Crippen molar-refractivity contribution in [1.29, 1.82) is 0 Å². The lowest BCUT2D eigenvalue weighted by Gasteiger charge is -2.19. The minimum Gasteiger partial charge on any atom is -0.480 e. The van der Waals surface area contributed by atoms with Gasteiger partial charge >= 0.3 is 12.1 Å². The van der Waals surface area contributed by atoms with Gasteiger partial charge in [-0.3, -0.25) is 9.69 Å². The molecular weight excluding hydrogens is 406 g/mol. The van der Waals surface area contributed by atoms with Crippen LogP contribution in [0.4, 0.5) is 16.2 Å². The largest absolute Gasteiger partial charge is 0.480 e. The van der Waals surface area contributed by atoms with E-state index in [0.29, 0.717) is 11.4 Å². The zero-order valence-electron chi connectivity index (χ0n) is 16.6. The number of carboxylic acid groups (broad SMARTS) is 1. The van der Waals surface area contributed by atoms with Crippen LogP contribution in [0.5, 0.6) is 0 Å². The number of carboxylic acids is 1. The molecule has 2 aromatic carbocycles. The van der Waals surface area contributed by atoms with E-state index in [4.69, 9.17) is 10.5 Å². The third-order valence-corrected chi connectivity index (χ3v) is 5.85. The first-order valence-electron chi connectivity index (χ1n) is 9.30. The van der Waals surface area contributed by atoms with Crippen LogP contribution >= 0.6 is 11.8 Å². The Balaban J connectivity index is 1.72. The Bertz CT molecular complexity index is 967. The van der Waals surface area contributed by atoms with E-state index in [9.17, 15) is 19.5 Å². The van der Waals surface area contributed by atoms with Crippen LogP contribution in [-0.4, -0.2) is 48.0 Å². The van der Waals surface area contributed by atoms with Gasteiger partial charge in [-0.05, 0) is 36.4 Å². The Labute approximate surface area is 178 Å². The Morgan fingerprint density at radius 1 is 1.30 bits per heavy atom. The summed E-state index contributed by atoms with van der Waals surface area (Å²) in [5, 5.41) is 12.0. The van der Waals surface area contributed by atoms with Crippen LogP contribution in [0.2, 0.25) is 0 Å². The number of nitrogen functional groups attached to an aromatic ring is 1. The number of thioether (sulfide) groups is 1. The maximum atomic E-state index is 12.6. The number of aliphatic carboxylic acids is 1. The summed E-state index contributed by atoms with van der Waals surface area (Å²) in [6.45, 7) is 1.83. The van der Waals surface area contributed by atoms with Gasteiger partial charge in [-0.25, -0.2) is 9.59 Å². The third-order valence-electron chi connectivity index (χ3n) is 4.90. The van der Waals surface area contributed by atoms with E-state index in [1.165, 1.54) is 16.7 Å². The number of nitrogens with zero attached hydrogens (tertiary/aromatic N) is 1. The molecule has 0 aromatic heterocycles. The average Bonchev–Trinajstić information content (AvgIpc) is 3.10. The highest BCUT2D eigenvalue weighted by Crippen LogP contribution is 2.35. The fourth-order valence-corrected chi connectivity index (χ4v) is 4.09. The van der Waals surface area contributed by atoms with Crippen LogP contribution in [0.25, 0.3) is 0 Å². The van der Waals surface area contributed by atoms with Gasteiger partial charge in [-0.1, -0.05) is 30.3 Å². The van der Waals surface area contributed by atoms with Crippen LogP contribution < -0.4 is 16.0 Å². The van der Waals surface area contributed by atoms with Crippen LogP contribution in [0, 0.1) is 6.92 Å². The van der Waals surface area contributed by atoms with Crippen molar-refractivity contribution in [3.8, 4) is 0 Å². The monoisotopic (exact) mass is 429 g/mol. The van der Waals surface area contributed by atoms with E-state index >= 15 is 0 Å². The number of rotatable bonds is 7. The summed E-state index contributed by atoms with van der Waals surface area (Å²) in [7, 11) is 0. The van der Waals surface area contributed by atoms with Crippen molar-refractivity contribution in [2.24, 2.45) is 0 Å². The first kappa shape index (κ1) is 21.5. The van der Waals surface area contributed by atoms with Gasteiger partial charge in [0.1, 0.15) is 6.04 Å². The maximum absolute atomic E-state index is 12.6. The van der Waals surface area contributed by atoms with Crippen LogP contribution in [0.3, 0.4) is 0 Å². The number of carbonyl (C=O) groups is 3. The predicted octanol–water partition coefficient (Wildman–Crippen LogP) is 2.44. The predicted molar refractivity (Wildman–Crippen MR) is 115 cm³/mol. The number of hydrogen-bond acceptors (Lipinski definition) is 6. The second kappa shape index (κ2) is 9.08. The summed E-state index contributed by atoms with van der Waals surface area (Å²) >= 11 is 1.47. The van der Waals surface area contributed by atoms with E-state index in [-0.39, 0.29) is 13.0 Å². The van der Waals surface area contributed by atoms with Gasteiger partial charge in [0, 0.05) is 17.0 Å². The normalized spacial score (nSPS) is 16.8. The molecule has 2 atom stereocenters. The Hall–Kier alpha value is -3.20. The van der Waals surface area contributed by atoms with Crippen molar-refractivity contribution < 1.29 is 24.2 Å². The highest BCUT2D eigenvalue weighted by Gasteiger charge is 2.39. The second-order valence-electron chi connectivity index (χ2n) is 6.90. The Kier molecular flexibility index (Phi) is 6.51. The second-order valence-corrected chi connectivity index (χ2v) is 7.72. The molecule has 1 heterocycles. The number of nitrogens with one attached hydrogen (secondary N) is 1. The molecule has 4 N–H and O–H groups in total. The molecule has 1 aliphatic heterocycles. The number of carbonyl (C=O) groups excluding carboxylic acids is 2. The SMILES string of the molecule is CSc1c(N)ccc(N2CC(C(=O)N[C@H](Cc3ccccc3)C(=O)O)OC2=O)c1C. The molecule has 2 amide bonds. The van der Waals surface area contributed by atoms with Crippen molar-refractivity contribution in [3.63, 3.8) is 0 Å². The molecule has 0 bridgehead atoms. The summed E-state index contributed by atoms with van der Waals surface area (Å²) in [6, 6.07) is 11.3. The van der Waals surface area contributed by atoms with Crippen molar-refractivity contribution in [2.45, 2.75) is 30.4 Å². The van der Waals surface area contributed by atoms with Crippen molar-refractivity contribution >= 4 is 41.1 Å². The highest BCUT2D eigenvalue weighted by atomic mass is 32.2. The van der Waals surface area contributed by atoms with Crippen molar-refractivity contribution in [3.05, 3.63) is 53.6 Å². The fourth-order valence-electron chi connectivity index (χ4n) is 3.38. The smallest absolute Gasteiger partial charge is 0.415 e. The summed E-state index contributed by atoms with van der Waals surface area (Å²) in [6.07, 6.45) is 0.245. The lowest BCUT2D eigenvalue weighted by Crippen LogP contribution is -2.47. The first-order valence-corrected chi connectivity index (χ1v) is 10.5. The summed E-state index contributed by atoms with van der Waals surface area (Å²) in [5.74, 6) is -1.81. The Morgan fingerprint density at radius 3 is 2.63 bits per heavy atom. The third kappa shape index (κ3) is 4.51. The van der Waals surface area contributed by atoms with Crippen LogP contribution in [0.15, 0.2) is 47.4 Å². The van der Waals surface area contributed by atoms with Gasteiger partial charge in [0.2, 0.25) is 0 Å². The van der Waals surface area contributed by atoms with Crippen molar-refractivity contribution in [1.82, 2.24) is 5.32 Å². The quantitative estimate of drug-likeness (QED) is 0.456. The van der Waals surface area contributed by atoms with Gasteiger partial charge < -0.3 is 20.9 Å². The van der Waals surface area contributed by atoms with E-state index in [2.05, 4.69) is 5.32 Å². The van der Waals surface area contributed by atoms with Crippen molar-refractivity contribution in [2.75, 3.05) is 23.4 Å². The first-order chi connectivity index (χ1) is 14.3. The molecular formula is C21H23N3O5S. The molecule has 0 spiro atoms. The summed E-state index contributed by atoms with van der Waals surface area (Å²) in [4.78, 5) is 38.9. The highest BCUT2D eigenvalue weighted by molar-refractivity contribution is 7.98. The molecule has 1 unspecified atom stereocenters. The fraction of sp³-hybridized carbons (Fsp3) is 0.286. The molecule has 1 aliphatic rings. The van der Waals surface area contributed by atoms with E-state index < -0.39 is 30.1 Å². The summed E-state index contributed by atoms with van der Waals surface area (Å²) in [5.41, 5.74) is 8.78. The molecule has 158 valence electrons. The molecule has 0 aliphatic carbocycles. The molecule has 8 nitrogen and oxygen atoms in total. The Morgan fingerprint density at radius 2 is 2.00 bits per heavy atom. The van der Waals surface area contributed by atoms with Gasteiger partial charge in [0.25, 0.3) is 5.91 Å². The van der Waals surface area contributed by atoms with Gasteiger partial charge in [0.05, 0.1) is 12.2 Å². The number of ether oxygens (including phenoxy) is 1. The summed E-state index contributed by atoms with van der Waals surface area (Å²) < 4.78 is 5.22. The average molecular weight is 429 g/mol. The standard InChI is InChI=1S/C21H23N3O5S/c1-12-16(9-8-14(22)18(12)30-2)24-11-17(29-21(24)28)19(25)23-15(20(26)27)10-13-6-4-3-5-7-13/h3-9,15,17H,10-11,22H2,1-2H3,(H,23,25)(H,26,27)/t15-,17?/m1/s1. The zero-order chi connectivity index (χ0) is 21.8. The zero-order valence-corrected chi connectivity index (χ0v) is 17.4. The van der Waals surface area contributed by atoms with Crippen LogP contribution in [-0.2, 0) is 20.7 Å².